The van der Waals surface area contributed by atoms with Crippen molar-refractivity contribution in [3.05, 3.63) is 10.6 Å². The fourth-order valence-corrected chi connectivity index (χ4v) is 4.52. The van der Waals surface area contributed by atoms with Crippen LogP contribution in [-0.2, 0) is 0 Å². The molecular formula is C15H30N2S. The van der Waals surface area contributed by atoms with Gasteiger partial charge in [-0.2, -0.15) is 0 Å². The Labute approximate surface area is 118 Å². The summed E-state index contributed by atoms with van der Waals surface area (Å²) < 4.78 is 0. The van der Waals surface area contributed by atoms with Gasteiger partial charge in [-0.15, -0.1) is 11.8 Å². The van der Waals surface area contributed by atoms with Crippen molar-refractivity contribution >= 4 is 11.8 Å². The Morgan fingerprint density at radius 2 is 1.94 bits per heavy atom. The largest absolute Gasteiger partial charge is 0.361 e. The third kappa shape index (κ3) is 3.24. The fraction of sp³-hybridized carbons (Fsp3) is 0.867. The Morgan fingerprint density at radius 1 is 1.33 bits per heavy atom. The van der Waals surface area contributed by atoms with Crippen LogP contribution in [0.5, 0.6) is 0 Å². The molecule has 0 bridgehead atoms. The van der Waals surface area contributed by atoms with Gasteiger partial charge in [0.25, 0.3) is 0 Å². The number of nitrogens with zero attached hydrogens (tertiary/aromatic N) is 2. The van der Waals surface area contributed by atoms with Crippen LogP contribution in [0.1, 0.15) is 47.5 Å². The van der Waals surface area contributed by atoms with Crippen molar-refractivity contribution in [2.24, 2.45) is 0 Å². The lowest BCUT2D eigenvalue weighted by Crippen LogP contribution is -2.58. The monoisotopic (exact) mass is 270 g/mol. The molecule has 1 heterocycles. The van der Waals surface area contributed by atoms with E-state index in [4.69, 9.17) is 0 Å². The SMILES string of the molecule is CCCCSC1=C(C)N(C(C)CN(C)C)C1(C)C. The number of likely N-dealkylation sites (N-methyl/N-ethyl adjacent to an activating group) is 1. The van der Waals surface area contributed by atoms with E-state index >= 15 is 0 Å². The molecule has 0 aromatic heterocycles. The van der Waals surface area contributed by atoms with Crippen LogP contribution in [0.2, 0.25) is 0 Å². The molecular weight excluding hydrogens is 240 g/mol. The third-order valence-corrected chi connectivity index (χ3v) is 5.24. The summed E-state index contributed by atoms with van der Waals surface area (Å²) in [7, 11) is 4.30. The van der Waals surface area contributed by atoms with E-state index in [-0.39, 0.29) is 5.54 Å². The van der Waals surface area contributed by atoms with Crippen molar-refractivity contribution < 1.29 is 0 Å². The minimum Gasteiger partial charge on any atom is -0.361 e. The quantitative estimate of drug-likeness (QED) is 0.650. The number of thioether (sulfide) groups is 1. The predicted octanol–water partition coefficient (Wildman–Crippen LogP) is 3.80. The van der Waals surface area contributed by atoms with E-state index < -0.39 is 0 Å². The highest BCUT2D eigenvalue weighted by Gasteiger charge is 2.44. The molecule has 1 rings (SSSR count). The number of allylic oxidation sites excluding steroid dienone is 1. The Bertz CT molecular complexity index is 308. The summed E-state index contributed by atoms with van der Waals surface area (Å²) >= 11 is 2.07. The molecule has 0 saturated heterocycles. The van der Waals surface area contributed by atoms with Gasteiger partial charge in [-0.05, 0) is 54.0 Å². The summed E-state index contributed by atoms with van der Waals surface area (Å²) in [5.74, 6) is 1.27. The van der Waals surface area contributed by atoms with E-state index in [1.165, 1.54) is 24.3 Å². The van der Waals surface area contributed by atoms with Gasteiger partial charge in [0.2, 0.25) is 0 Å². The number of hydrogen-bond acceptors (Lipinski definition) is 3. The molecule has 0 N–H and O–H groups in total. The molecule has 0 aromatic rings. The number of hydrogen-bond donors (Lipinski definition) is 0. The minimum absolute atomic E-state index is 0.234. The van der Waals surface area contributed by atoms with Crippen LogP contribution in [0.3, 0.4) is 0 Å². The molecule has 2 nitrogen and oxygen atoms in total. The van der Waals surface area contributed by atoms with Crippen molar-refractivity contribution in [3.63, 3.8) is 0 Å². The smallest absolute Gasteiger partial charge is 0.0674 e. The molecule has 3 heteroatoms. The summed E-state index contributed by atoms with van der Waals surface area (Å²) in [4.78, 5) is 6.46. The zero-order valence-electron chi connectivity index (χ0n) is 13.2. The lowest BCUT2D eigenvalue weighted by atomic mass is 9.89. The summed E-state index contributed by atoms with van der Waals surface area (Å²) in [6.07, 6.45) is 2.62. The van der Waals surface area contributed by atoms with Gasteiger partial charge >= 0.3 is 0 Å². The first-order valence-corrected chi connectivity index (χ1v) is 8.09. The topological polar surface area (TPSA) is 6.48 Å². The lowest BCUT2D eigenvalue weighted by molar-refractivity contribution is 0.0944. The molecule has 1 aliphatic rings. The highest BCUT2D eigenvalue weighted by molar-refractivity contribution is 8.03. The fourth-order valence-electron chi connectivity index (χ4n) is 3.12. The van der Waals surface area contributed by atoms with Crippen LogP contribution in [0, 0.1) is 0 Å². The van der Waals surface area contributed by atoms with E-state index in [9.17, 15) is 0 Å². The van der Waals surface area contributed by atoms with Gasteiger partial charge < -0.3 is 9.80 Å². The third-order valence-electron chi connectivity index (χ3n) is 3.66. The minimum atomic E-state index is 0.234. The first kappa shape index (κ1) is 15.9. The van der Waals surface area contributed by atoms with Gasteiger partial charge in [0.15, 0.2) is 0 Å². The van der Waals surface area contributed by atoms with Gasteiger partial charge in [0, 0.05) is 23.2 Å². The van der Waals surface area contributed by atoms with Crippen LogP contribution in [0.4, 0.5) is 0 Å². The average molecular weight is 270 g/mol. The maximum atomic E-state index is 2.58. The molecule has 1 aliphatic heterocycles. The van der Waals surface area contributed by atoms with E-state index in [1.807, 2.05) is 0 Å². The van der Waals surface area contributed by atoms with Crippen LogP contribution >= 0.6 is 11.8 Å². The second-order valence-electron chi connectivity index (χ2n) is 6.16. The number of unbranched alkanes of at least 4 members (excludes halogenated alkanes) is 1. The van der Waals surface area contributed by atoms with E-state index in [2.05, 4.69) is 70.3 Å². The van der Waals surface area contributed by atoms with E-state index in [0.717, 1.165) is 6.54 Å². The number of rotatable bonds is 7. The van der Waals surface area contributed by atoms with Crippen molar-refractivity contribution in [1.29, 1.82) is 0 Å². The molecule has 106 valence electrons. The standard InChI is InChI=1S/C15H30N2S/c1-8-9-10-18-14-13(3)17(15(14,4)5)12(2)11-16(6)7/h12H,8-11H2,1-7H3. The molecule has 0 fully saturated rings. The van der Waals surface area contributed by atoms with E-state index in [0.29, 0.717) is 6.04 Å². The Balaban J connectivity index is 2.67. The highest BCUT2D eigenvalue weighted by atomic mass is 32.2. The van der Waals surface area contributed by atoms with Crippen molar-refractivity contribution in [2.75, 3.05) is 26.4 Å². The van der Waals surface area contributed by atoms with Crippen molar-refractivity contribution in [2.45, 2.75) is 59.0 Å². The zero-order valence-corrected chi connectivity index (χ0v) is 14.0. The summed E-state index contributed by atoms with van der Waals surface area (Å²) in [6.45, 7) is 12.7. The lowest BCUT2D eigenvalue weighted by Gasteiger charge is -2.55. The van der Waals surface area contributed by atoms with Crippen molar-refractivity contribution in [1.82, 2.24) is 9.80 Å². The molecule has 18 heavy (non-hydrogen) atoms. The molecule has 0 spiro atoms. The maximum absolute atomic E-state index is 2.58. The maximum Gasteiger partial charge on any atom is 0.0674 e. The molecule has 1 atom stereocenters. The van der Waals surface area contributed by atoms with Crippen LogP contribution in [0.25, 0.3) is 0 Å². The molecule has 0 radical (unpaired) electrons. The Hall–Kier alpha value is -0.150. The van der Waals surface area contributed by atoms with Crippen LogP contribution in [-0.4, -0.2) is 47.8 Å². The van der Waals surface area contributed by atoms with E-state index in [1.54, 1.807) is 4.91 Å². The van der Waals surface area contributed by atoms with Gasteiger partial charge in [-0.25, -0.2) is 0 Å². The second-order valence-corrected chi connectivity index (χ2v) is 7.26. The van der Waals surface area contributed by atoms with Gasteiger partial charge in [0.05, 0.1) is 5.54 Å². The van der Waals surface area contributed by atoms with Crippen LogP contribution < -0.4 is 0 Å². The molecule has 0 aliphatic carbocycles. The summed E-state index contributed by atoms with van der Waals surface area (Å²) in [5.41, 5.74) is 1.73. The van der Waals surface area contributed by atoms with Crippen LogP contribution in [0.15, 0.2) is 10.6 Å². The first-order valence-electron chi connectivity index (χ1n) is 7.10. The second kappa shape index (κ2) is 6.33. The van der Waals surface area contributed by atoms with Gasteiger partial charge in [-0.1, -0.05) is 13.3 Å². The van der Waals surface area contributed by atoms with Crippen molar-refractivity contribution in [3.8, 4) is 0 Å². The van der Waals surface area contributed by atoms with Gasteiger partial charge in [-0.3, -0.25) is 0 Å². The molecule has 0 aromatic carbocycles. The highest BCUT2D eigenvalue weighted by Crippen LogP contribution is 2.48. The molecule has 1 unspecified atom stereocenters. The molecule has 0 amide bonds. The summed E-state index contributed by atoms with van der Waals surface area (Å²) in [6, 6.07) is 0.588. The Morgan fingerprint density at radius 3 is 2.39 bits per heavy atom. The molecule has 0 saturated carbocycles. The normalized spacial score (nSPS) is 20.3. The predicted molar refractivity (Wildman–Crippen MR) is 84.0 cm³/mol. The summed E-state index contributed by atoms with van der Waals surface area (Å²) in [5, 5.41) is 0. The zero-order chi connectivity index (χ0) is 13.9. The first-order chi connectivity index (χ1) is 8.32. The Kier molecular flexibility index (Phi) is 5.60. The average Bonchev–Trinajstić information content (AvgIpc) is 2.22. The van der Waals surface area contributed by atoms with Gasteiger partial charge in [0.1, 0.15) is 0 Å².